The van der Waals surface area contributed by atoms with Gasteiger partial charge in [-0.05, 0) is 11.6 Å². The van der Waals surface area contributed by atoms with Gasteiger partial charge in [-0.1, -0.05) is 18.2 Å². The van der Waals surface area contributed by atoms with Crippen LogP contribution in [0.1, 0.15) is 11.6 Å². The number of amides is 1. The number of benzene rings is 1. The Morgan fingerprint density at radius 2 is 1.95 bits per heavy atom. The number of hydrogen-bond acceptors (Lipinski definition) is 3. The molecule has 1 amide bonds. The third-order valence-corrected chi connectivity index (χ3v) is 4.30. The van der Waals surface area contributed by atoms with Crippen molar-refractivity contribution in [1.29, 1.82) is 0 Å². The van der Waals surface area contributed by atoms with Crippen molar-refractivity contribution in [2.75, 3.05) is 13.1 Å². The van der Waals surface area contributed by atoms with Crippen molar-refractivity contribution in [2.45, 2.75) is 12.5 Å². The van der Waals surface area contributed by atoms with E-state index >= 15 is 0 Å². The second-order valence-corrected chi connectivity index (χ2v) is 5.76. The van der Waals surface area contributed by atoms with Crippen molar-refractivity contribution in [1.82, 2.24) is 24.5 Å². The molecule has 1 saturated heterocycles. The average Bonchev–Trinajstić information content (AvgIpc) is 3.08. The predicted octanol–water partition coefficient (Wildman–Crippen LogP) is 1.40. The first-order valence-corrected chi connectivity index (χ1v) is 7.39. The van der Waals surface area contributed by atoms with Crippen LogP contribution in [0.25, 0.3) is 10.9 Å². The summed E-state index contributed by atoms with van der Waals surface area (Å²) in [5.41, 5.74) is 2.25. The molecule has 1 aliphatic rings. The smallest absolute Gasteiger partial charge is 0.227 e. The van der Waals surface area contributed by atoms with E-state index in [0.29, 0.717) is 19.5 Å². The van der Waals surface area contributed by atoms with E-state index in [1.165, 1.54) is 0 Å². The van der Waals surface area contributed by atoms with Gasteiger partial charge in [-0.2, -0.15) is 15.0 Å². The largest absolute Gasteiger partial charge is 0.350 e. The quantitative estimate of drug-likeness (QED) is 0.734. The van der Waals surface area contributed by atoms with Crippen LogP contribution in [0, 0.1) is 0 Å². The average molecular weight is 295 g/mol. The van der Waals surface area contributed by atoms with Crippen LogP contribution in [0.15, 0.2) is 42.9 Å². The summed E-state index contributed by atoms with van der Waals surface area (Å²) in [7, 11) is 2.01. The van der Waals surface area contributed by atoms with Crippen molar-refractivity contribution in [3.8, 4) is 0 Å². The number of likely N-dealkylation sites (tertiary alicyclic amines) is 1. The maximum atomic E-state index is 12.4. The van der Waals surface area contributed by atoms with E-state index in [2.05, 4.69) is 33.1 Å². The molecule has 1 aromatic carbocycles. The lowest BCUT2D eigenvalue weighted by Gasteiger charge is -2.38. The highest BCUT2D eigenvalue weighted by Crippen LogP contribution is 2.24. The van der Waals surface area contributed by atoms with Crippen LogP contribution in [0.4, 0.5) is 0 Å². The Hall–Kier alpha value is -2.63. The van der Waals surface area contributed by atoms with Gasteiger partial charge in [0.05, 0.1) is 18.8 Å². The van der Waals surface area contributed by atoms with Crippen molar-refractivity contribution in [2.24, 2.45) is 7.05 Å². The fraction of sp³-hybridized carbons (Fsp3) is 0.312. The zero-order chi connectivity index (χ0) is 15.1. The second kappa shape index (κ2) is 4.98. The summed E-state index contributed by atoms with van der Waals surface area (Å²) < 4.78 is 2.07. The Labute approximate surface area is 127 Å². The lowest BCUT2D eigenvalue weighted by Crippen LogP contribution is -2.51. The molecule has 1 fully saturated rings. The highest BCUT2D eigenvalue weighted by Gasteiger charge is 2.33. The molecule has 6 heteroatoms. The molecular weight excluding hydrogens is 278 g/mol. The number of aryl methyl sites for hydroxylation is 1. The van der Waals surface area contributed by atoms with E-state index in [1.807, 2.05) is 24.1 Å². The van der Waals surface area contributed by atoms with E-state index in [-0.39, 0.29) is 11.9 Å². The number of fused-ring (bicyclic) bond motifs is 1. The van der Waals surface area contributed by atoms with Crippen LogP contribution in [0.5, 0.6) is 0 Å². The molecule has 0 aliphatic carbocycles. The van der Waals surface area contributed by atoms with Gasteiger partial charge in [0.2, 0.25) is 5.91 Å². The molecule has 0 spiro atoms. The van der Waals surface area contributed by atoms with Gasteiger partial charge in [0.1, 0.15) is 6.04 Å². The molecule has 1 aliphatic heterocycles. The van der Waals surface area contributed by atoms with E-state index in [9.17, 15) is 4.79 Å². The van der Waals surface area contributed by atoms with Crippen molar-refractivity contribution < 1.29 is 4.79 Å². The molecule has 6 nitrogen and oxygen atoms in total. The Kier molecular flexibility index (Phi) is 2.96. The highest BCUT2D eigenvalue weighted by atomic mass is 16.2. The summed E-state index contributed by atoms with van der Waals surface area (Å²) in [4.78, 5) is 16.0. The summed E-state index contributed by atoms with van der Waals surface area (Å²) in [5.74, 6) is 0.166. The first-order valence-electron chi connectivity index (χ1n) is 7.39. The topological polar surface area (TPSA) is 56.0 Å². The van der Waals surface area contributed by atoms with Gasteiger partial charge in [-0.3, -0.25) is 4.79 Å². The summed E-state index contributed by atoms with van der Waals surface area (Å²) in [6.45, 7) is 1.39. The lowest BCUT2D eigenvalue weighted by molar-refractivity contribution is -0.136. The van der Waals surface area contributed by atoms with E-state index in [4.69, 9.17) is 0 Å². The van der Waals surface area contributed by atoms with Crippen LogP contribution in [-0.2, 0) is 18.3 Å². The minimum Gasteiger partial charge on any atom is -0.350 e. The normalized spacial score (nSPS) is 15.2. The number of hydrogen-bond donors (Lipinski definition) is 0. The highest BCUT2D eigenvalue weighted by molar-refractivity contribution is 5.89. The maximum Gasteiger partial charge on any atom is 0.227 e. The van der Waals surface area contributed by atoms with Gasteiger partial charge in [0.15, 0.2) is 0 Å². The number of carbonyl (C=O) groups is 1. The zero-order valence-corrected chi connectivity index (χ0v) is 12.4. The predicted molar refractivity (Wildman–Crippen MR) is 82.3 cm³/mol. The number of aromatic nitrogens is 4. The first kappa shape index (κ1) is 13.1. The number of para-hydroxylation sites is 1. The van der Waals surface area contributed by atoms with Gasteiger partial charge in [-0.15, -0.1) is 0 Å². The number of carbonyl (C=O) groups excluding carboxylic acids is 1. The third-order valence-electron chi connectivity index (χ3n) is 4.30. The van der Waals surface area contributed by atoms with Crippen molar-refractivity contribution in [3.05, 3.63) is 48.4 Å². The van der Waals surface area contributed by atoms with Crippen molar-refractivity contribution in [3.63, 3.8) is 0 Å². The molecule has 0 radical (unpaired) electrons. The van der Waals surface area contributed by atoms with Crippen LogP contribution in [0.2, 0.25) is 0 Å². The number of nitrogens with zero attached hydrogens (tertiary/aromatic N) is 5. The Morgan fingerprint density at radius 3 is 2.73 bits per heavy atom. The lowest BCUT2D eigenvalue weighted by atomic mass is 10.1. The molecule has 0 atom stereocenters. The fourth-order valence-corrected chi connectivity index (χ4v) is 3.06. The Morgan fingerprint density at radius 1 is 1.23 bits per heavy atom. The second-order valence-electron chi connectivity index (χ2n) is 5.76. The molecule has 0 N–H and O–H groups in total. The molecule has 2 aromatic heterocycles. The molecule has 0 saturated carbocycles. The standard InChI is InChI=1S/C16H17N5O/c1-19-9-12(14-4-2-3-5-15(14)19)8-16(22)20-10-13(11-20)21-17-6-7-18-21/h2-7,9,13H,8,10-11H2,1H3. The minimum atomic E-state index is 0.166. The molecule has 0 unspecified atom stereocenters. The summed E-state index contributed by atoms with van der Waals surface area (Å²) >= 11 is 0. The molecule has 4 rings (SSSR count). The van der Waals surface area contributed by atoms with E-state index in [1.54, 1.807) is 17.2 Å². The Balaban J connectivity index is 1.46. The molecule has 3 aromatic rings. The molecule has 112 valence electrons. The first-order chi connectivity index (χ1) is 10.7. The Bertz CT molecular complexity index is 814. The number of rotatable bonds is 3. The SMILES string of the molecule is Cn1cc(CC(=O)N2CC(n3nccn3)C2)c2ccccc21. The van der Waals surface area contributed by atoms with Crippen LogP contribution >= 0.6 is 0 Å². The summed E-state index contributed by atoms with van der Waals surface area (Å²) in [5, 5.41) is 9.41. The van der Waals surface area contributed by atoms with Crippen molar-refractivity contribution >= 4 is 16.8 Å². The van der Waals surface area contributed by atoms with Crippen LogP contribution < -0.4 is 0 Å². The van der Waals surface area contributed by atoms with Gasteiger partial charge >= 0.3 is 0 Å². The zero-order valence-electron chi connectivity index (χ0n) is 12.4. The minimum absolute atomic E-state index is 0.166. The van der Waals surface area contributed by atoms with Crippen LogP contribution in [0.3, 0.4) is 0 Å². The molecule has 3 heterocycles. The monoisotopic (exact) mass is 295 g/mol. The van der Waals surface area contributed by atoms with Gasteiger partial charge in [0, 0.05) is 37.2 Å². The van der Waals surface area contributed by atoms with E-state index < -0.39 is 0 Å². The van der Waals surface area contributed by atoms with Gasteiger partial charge < -0.3 is 9.47 Å². The maximum absolute atomic E-state index is 12.4. The summed E-state index contributed by atoms with van der Waals surface area (Å²) in [6, 6.07) is 8.40. The van der Waals surface area contributed by atoms with Crippen LogP contribution in [-0.4, -0.2) is 43.5 Å². The molecule has 22 heavy (non-hydrogen) atoms. The fourth-order valence-electron chi connectivity index (χ4n) is 3.06. The van der Waals surface area contributed by atoms with E-state index in [0.717, 1.165) is 16.5 Å². The molecule has 0 bridgehead atoms. The molecular formula is C16H17N5O. The van der Waals surface area contributed by atoms with Gasteiger partial charge in [-0.25, -0.2) is 0 Å². The third kappa shape index (κ3) is 2.07. The summed E-state index contributed by atoms with van der Waals surface area (Å²) in [6.07, 6.45) is 5.83. The van der Waals surface area contributed by atoms with Gasteiger partial charge in [0.25, 0.3) is 0 Å².